The fourth-order valence-electron chi connectivity index (χ4n) is 3.96. The van der Waals surface area contributed by atoms with E-state index in [4.69, 9.17) is 39.5 Å². The second-order valence-electron chi connectivity index (χ2n) is 7.81. The molecule has 1 aliphatic rings. The van der Waals surface area contributed by atoms with Gasteiger partial charge in [0.1, 0.15) is 11.9 Å². The zero-order valence-corrected chi connectivity index (χ0v) is 19.8. The lowest BCUT2D eigenvalue weighted by atomic mass is 9.86. The Morgan fingerprint density at radius 1 is 1.03 bits per heavy atom. The molecular formula is C23H21Cl3N4O2. The van der Waals surface area contributed by atoms with Crippen molar-refractivity contribution in [2.75, 3.05) is 13.1 Å². The third kappa shape index (κ3) is 4.98. The van der Waals surface area contributed by atoms with Crippen LogP contribution in [0.4, 0.5) is 0 Å². The van der Waals surface area contributed by atoms with Crippen molar-refractivity contribution in [2.24, 2.45) is 5.92 Å². The van der Waals surface area contributed by atoms with Gasteiger partial charge in [-0.3, -0.25) is 4.79 Å². The average Bonchev–Trinajstić information content (AvgIpc) is 3.23. The number of carbonyl (C=O) groups excluding carboxylic acids is 1. The summed E-state index contributed by atoms with van der Waals surface area (Å²) in [4.78, 5) is 27.5. The van der Waals surface area contributed by atoms with Crippen molar-refractivity contribution >= 4 is 40.7 Å². The highest BCUT2D eigenvalue weighted by molar-refractivity contribution is 6.42. The van der Waals surface area contributed by atoms with E-state index in [1.807, 2.05) is 19.1 Å². The highest BCUT2D eigenvalue weighted by Gasteiger charge is 2.40. The van der Waals surface area contributed by atoms with E-state index in [1.165, 1.54) is 0 Å². The molecule has 9 heteroatoms. The van der Waals surface area contributed by atoms with Gasteiger partial charge in [-0.1, -0.05) is 40.9 Å². The summed E-state index contributed by atoms with van der Waals surface area (Å²) in [5, 5.41) is 1.51. The lowest BCUT2D eigenvalue weighted by molar-refractivity contribution is 0.0769. The Morgan fingerprint density at radius 2 is 1.78 bits per heavy atom. The maximum atomic E-state index is 13.2. The summed E-state index contributed by atoms with van der Waals surface area (Å²) >= 11 is 18.3. The van der Waals surface area contributed by atoms with Crippen LogP contribution in [0.1, 0.15) is 34.6 Å². The van der Waals surface area contributed by atoms with Gasteiger partial charge in [-0.2, -0.15) is 0 Å². The Bertz CT molecular complexity index is 1110. The van der Waals surface area contributed by atoms with E-state index in [0.717, 1.165) is 5.56 Å². The lowest BCUT2D eigenvalue weighted by Gasteiger charge is -2.25. The lowest BCUT2D eigenvalue weighted by Crippen LogP contribution is -2.32. The van der Waals surface area contributed by atoms with E-state index >= 15 is 0 Å². The first-order valence-electron chi connectivity index (χ1n) is 10.1. The largest absolute Gasteiger partial charge is 0.474 e. The fraction of sp³-hybridized carbons (Fsp3) is 0.304. The van der Waals surface area contributed by atoms with Gasteiger partial charge in [-0.05, 0) is 37.6 Å². The number of halogens is 3. The molecule has 6 nitrogen and oxygen atoms in total. The van der Waals surface area contributed by atoms with E-state index in [2.05, 4.69) is 15.0 Å². The fourth-order valence-corrected chi connectivity index (χ4v) is 4.38. The number of carbonyl (C=O) groups is 1. The summed E-state index contributed by atoms with van der Waals surface area (Å²) in [6, 6.07) is 9.05. The van der Waals surface area contributed by atoms with Crippen molar-refractivity contribution in [3.63, 3.8) is 0 Å². The normalized spacial score (nSPS) is 19.1. The zero-order chi connectivity index (χ0) is 22.8. The number of pyridine rings is 1. The van der Waals surface area contributed by atoms with Gasteiger partial charge in [0.05, 0.1) is 20.6 Å². The van der Waals surface area contributed by atoms with E-state index < -0.39 is 0 Å². The molecule has 1 amide bonds. The van der Waals surface area contributed by atoms with Crippen LogP contribution >= 0.6 is 34.8 Å². The summed E-state index contributed by atoms with van der Waals surface area (Å²) in [6.45, 7) is 4.78. The molecule has 0 radical (unpaired) electrons. The number of nitrogens with zero attached hydrogens (tertiary/aromatic N) is 4. The van der Waals surface area contributed by atoms with Crippen molar-refractivity contribution in [2.45, 2.75) is 25.9 Å². The van der Waals surface area contributed by atoms with Gasteiger partial charge < -0.3 is 9.64 Å². The van der Waals surface area contributed by atoms with Gasteiger partial charge in [0.15, 0.2) is 0 Å². The first kappa shape index (κ1) is 22.8. The van der Waals surface area contributed by atoms with Crippen molar-refractivity contribution in [1.29, 1.82) is 0 Å². The van der Waals surface area contributed by atoms with Crippen molar-refractivity contribution in [1.82, 2.24) is 19.9 Å². The molecular weight excluding hydrogens is 471 g/mol. The number of amides is 1. The zero-order valence-electron chi connectivity index (χ0n) is 17.5. The molecule has 0 saturated carbocycles. The van der Waals surface area contributed by atoms with Crippen LogP contribution in [0.15, 0.2) is 48.9 Å². The van der Waals surface area contributed by atoms with Crippen LogP contribution in [0.3, 0.4) is 0 Å². The molecule has 1 fully saturated rings. The minimum atomic E-state index is -0.227. The number of aromatic nitrogens is 3. The standard InChI is InChI=1S/C23H21Cl3N4O2/c1-13(32-22-6-4-17(24)10-29-22)18-11-30(23(31)16-8-27-14(2)28-9-16)12-19(18)15-3-5-20(25)21(26)7-15/h3-10,13,18-19H,11-12H2,1-2H3. The SMILES string of the molecule is Cc1ncc(C(=O)N2CC(c3ccc(Cl)c(Cl)c3)C(C(C)Oc3ccc(Cl)cn3)C2)cn1. The molecule has 0 spiro atoms. The van der Waals surface area contributed by atoms with Gasteiger partial charge in [0.25, 0.3) is 5.91 Å². The molecule has 1 saturated heterocycles. The molecule has 1 aliphatic heterocycles. The molecule has 0 N–H and O–H groups in total. The maximum Gasteiger partial charge on any atom is 0.257 e. The highest BCUT2D eigenvalue weighted by atomic mass is 35.5. The van der Waals surface area contributed by atoms with Gasteiger partial charge in [-0.15, -0.1) is 0 Å². The molecule has 0 aliphatic carbocycles. The maximum absolute atomic E-state index is 13.2. The molecule has 3 unspecified atom stereocenters. The summed E-state index contributed by atoms with van der Waals surface area (Å²) in [6.07, 6.45) is 4.44. The van der Waals surface area contributed by atoms with E-state index in [1.54, 1.807) is 48.6 Å². The molecule has 3 atom stereocenters. The Morgan fingerprint density at radius 3 is 2.44 bits per heavy atom. The highest BCUT2D eigenvalue weighted by Crippen LogP contribution is 2.38. The monoisotopic (exact) mass is 490 g/mol. The number of aryl methyl sites for hydroxylation is 1. The van der Waals surface area contributed by atoms with E-state index in [-0.39, 0.29) is 23.8 Å². The van der Waals surface area contributed by atoms with Crippen LogP contribution in [0, 0.1) is 12.8 Å². The minimum Gasteiger partial charge on any atom is -0.474 e. The summed E-state index contributed by atoms with van der Waals surface area (Å²) in [5.41, 5.74) is 1.46. The molecule has 0 bridgehead atoms. The van der Waals surface area contributed by atoms with Crippen LogP contribution in [0.2, 0.25) is 15.1 Å². The second-order valence-corrected chi connectivity index (χ2v) is 9.06. The third-order valence-corrected chi connectivity index (χ3v) is 6.62. The number of likely N-dealkylation sites (tertiary alicyclic amines) is 1. The van der Waals surface area contributed by atoms with Crippen LogP contribution in [0.5, 0.6) is 5.88 Å². The van der Waals surface area contributed by atoms with Crippen LogP contribution in [-0.2, 0) is 0 Å². The van der Waals surface area contributed by atoms with Gasteiger partial charge in [0, 0.05) is 49.6 Å². The molecule has 4 rings (SSSR count). The Balaban J connectivity index is 1.61. The summed E-state index contributed by atoms with van der Waals surface area (Å²) in [5.74, 6) is 0.982. The first-order valence-corrected chi connectivity index (χ1v) is 11.3. The Kier molecular flexibility index (Phi) is 6.84. The first-order chi connectivity index (χ1) is 15.3. The molecule has 32 heavy (non-hydrogen) atoms. The smallest absolute Gasteiger partial charge is 0.257 e. The number of hydrogen-bond donors (Lipinski definition) is 0. The molecule has 1 aromatic carbocycles. The third-order valence-electron chi connectivity index (χ3n) is 5.66. The van der Waals surface area contributed by atoms with E-state index in [0.29, 0.717) is 45.4 Å². The van der Waals surface area contributed by atoms with Crippen LogP contribution < -0.4 is 4.74 Å². The Hall–Kier alpha value is -2.41. The number of benzene rings is 1. The summed E-state index contributed by atoms with van der Waals surface area (Å²) in [7, 11) is 0. The number of rotatable bonds is 5. The van der Waals surface area contributed by atoms with Gasteiger partial charge >= 0.3 is 0 Å². The molecule has 3 aromatic rings. The molecule has 166 valence electrons. The predicted molar refractivity (Wildman–Crippen MR) is 125 cm³/mol. The van der Waals surface area contributed by atoms with E-state index in [9.17, 15) is 4.79 Å². The number of ether oxygens (including phenoxy) is 1. The predicted octanol–water partition coefficient (Wildman–Crippen LogP) is 5.46. The molecule has 3 heterocycles. The van der Waals surface area contributed by atoms with Gasteiger partial charge in [-0.25, -0.2) is 15.0 Å². The van der Waals surface area contributed by atoms with Gasteiger partial charge in [0.2, 0.25) is 5.88 Å². The second kappa shape index (κ2) is 9.61. The van der Waals surface area contributed by atoms with Crippen molar-refractivity contribution in [3.05, 3.63) is 80.9 Å². The quantitative estimate of drug-likeness (QED) is 0.474. The number of hydrogen-bond acceptors (Lipinski definition) is 5. The van der Waals surface area contributed by atoms with Crippen molar-refractivity contribution < 1.29 is 9.53 Å². The average molecular weight is 492 g/mol. The minimum absolute atomic E-state index is 0.0000342. The Labute approximate surface area is 201 Å². The summed E-state index contributed by atoms with van der Waals surface area (Å²) < 4.78 is 6.12. The topological polar surface area (TPSA) is 68.2 Å². The van der Waals surface area contributed by atoms with Crippen LogP contribution in [-0.4, -0.2) is 45.0 Å². The van der Waals surface area contributed by atoms with Crippen LogP contribution in [0.25, 0.3) is 0 Å². The van der Waals surface area contributed by atoms with Crippen molar-refractivity contribution in [3.8, 4) is 5.88 Å². The molecule has 2 aromatic heterocycles.